The van der Waals surface area contributed by atoms with Gasteiger partial charge in [0.2, 0.25) is 0 Å². The van der Waals surface area contributed by atoms with Crippen molar-refractivity contribution in [1.29, 1.82) is 0 Å². The summed E-state index contributed by atoms with van der Waals surface area (Å²) in [4.78, 5) is 25.7. The van der Waals surface area contributed by atoms with Crippen LogP contribution >= 0.6 is 23.2 Å². The molecule has 0 saturated heterocycles. The summed E-state index contributed by atoms with van der Waals surface area (Å²) in [5.41, 5.74) is 3.52. The van der Waals surface area contributed by atoms with Gasteiger partial charge in [0.15, 0.2) is 5.78 Å². The molecule has 0 unspecified atom stereocenters. The van der Waals surface area contributed by atoms with Crippen molar-refractivity contribution in [1.82, 2.24) is 0 Å². The zero-order valence-corrected chi connectivity index (χ0v) is 16.4. The summed E-state index contributed by atoms with van der Waals surface area (Å²) in [5, 5.41) is 3.56. The molecule has 0 aromatic heterocycles. The van der Waals surface area contributed by atoms with Gasteiger partial charge in [0.25, 0.3) is 5.91 Å². The summed E-state index contributed by atoms with van der Waals surface area (Å²) in [6.45, 7) is 3.86. The van der Waals surface area contributed by atoms with Gasteiger partial charge in [0.1, 0.15) is 0 Å². The van der Waals surface area contributed by atoms with Crippen molar-refractivity contribution < 1.29 is 9.59 Å². The molecule has 0 aliphatic carbocycles. The smallest absolute Gasteiger partial charge is 0.255 e. The van der Waals surface area contributed by atoms with Crippen LogP contribution in [0.25, 0.3) is 0 Å². The van der Waals surface area contributed by atoms with E-state index < -0.39 is 0 Å². The Morgan fingerprint density at radius 1 is 0.815 bits per heavy atom. The number of carbonyl (C=O) groups excluding carboxylic acids is 2. The molecule has 5 heteroatoms. The number of rotatable bonds is 4. The van der Waals surface area contributed by atoms with Crippen molar-refractivity contribution in [3.63, 3.8) is 0 Å². The maximum absolute atomic E-state index is 13.0. The average Bonchev–Trinajstić information content (AvgIpc) is 2.62. The van der Waals surface area contributed by atoms with Gasteiger partial charge in [-0.15, -0.1) is 0 Å². The van der Waals surface area contributed by atoms with Crippen molar-refractivity contribution >= 4 is 40.6 Å². The van der Waals surface area contributed by atoms with Crippen LogP contribution in [0.5, 0.6) is 0 Å². The molecule has 136 valence electrons. The van der Waals surface area contributed by atoms with Gasteiger partial charge < -0.3 is 5.32 Å². The largest absolute Gasteiger partial charge is 0.321 e. The fraction of sp³-hybridized carbons (Fsp3) is 0.0909. The Balaban J connectivity index is 1.98. The lowest BCUT2D eigenvalue weighted by Gasteiger charge is -2.12. The molecule has 0 saturated carbocycles. The van der Waals surface area contributed by atoms with Crippen LogP contribution in [0.15, 0.2) is 60.7 Å². The van der Waals surface area contributed by atoms with Gasteiger partial charge in [-0.25, -0.2) is 0 Å². The first-order valence-corrected chi connectivity index (χ1v) is 9.09. The van der Waals surface area contributed by atoms with Gasteiger partial charge in [0.05, 0.1) is 10.7 Å². The van der Waals surface area contributed by atoms with E-state index in [1.54, 1.807) is 48.5 Å². The Kier molecular flexibility index (Phi) is 5.64. The number of amides is 1. The Morgan fingerprint density at radius 3 is 2.15 bits per heavy atom. The predicted octanol–water partition coefficient (Wildman–Crippen LogP) is 6.09. The third-order valence-electron chi connectivity index (χ3n) is 4.08. The molecule has 0 heterocycles. The van der Waals surface area contributed by atoms with E-state index in [4.69, 9.17) is 23.2 Å². The molecule has 1 amide bonds. The molecule has 3 nitrogen and oxygen atoms in total. The van der Waals surface area contributed by atoms with Crippen molar-refractivity contribution in [2.24, 2.45) is 0 Å². The summed E-state index contributed by atoms with van der Waals surface area (Å²) in [7, 11) is 0. The fourth-order valence-electron chi connectivity index (χ4n) is 2.90. The maximum atomic E-state index is 13.0. The highest BCUT2D eigenvalue weighted by molar-refractivity contribution is 6.36. The highest BCUT2D eigenvalue weighted by Crippen LogP contribution is 2.27. The van der Waals surface area contributed by atoms with E-state index in [-0.39, 0.29) is 17.3 Å². The lowest BCUT2D eigenvalue weighted by Crippen LogP contribution is -2.15. The molecule has 0 fully saturated rings. The molecular weight excluding hydrogens is 381 g/mol. The van der Waals surface area contributed by atoms with E-state index in [0.717, 1.165) is 11.1 Å². The van der Waals surface area contributed by atoms with Gasteiger partial charge in [-0.1, -0.05) is 52.5 Å². The van der Waals surface area contributed by atoms with E-state index in [0.29, 0.717) is 26.9 Å². The summed E-state index contributed by atoms with van der Waals surface area (Å²) in [5.74, 6) is -0.601. The molecule has 0 spiro atoms. The van der Waals surface area contributed by atoms with Gasteiger partial charge >= 0.3 is 0 Å². The Labute approximate surface area is 167 Å². The number of hydrogen-bond donors (Lipinski definition) is 1. The second-order valence-electron chi connectivity index (χ2n) is 6.33. The molecule has 0 aliphatic rings. The minimum absolute atomic E-state index is 0.285. The van der Waals surface area contributed by atoms with Crippen molar-refractivity contribution in [3.8, 4) is 0 Å². The molecule has 1 N–H and O–H groups in total. The fourth-order valence-corrected chi connectivity index (χ4v) is 3.30. The van der Waals surface area contributed by atoms with Gasteiger partial charge in [0, 0.05) is 21.7 Å². The summed E-state index contributed by atoms with van der Waals surface area (Å²) >= 11 is 12.2. The van der Waals surface area contributed by atoms with E-state index in [1.165, 1.54) is 6.07 Å². The Hall–Kier alpha value is -2.62. The van der Waals surface area contributed by atoms with Crippen LogP contribution in [0.2, 0.25) is 10.0 Å². The molecular formula is C22H17Cl2NO2. The average molecular weight is 398 g/mol. The lowest BCUT2D eigenvalue weighted by molar-refractivity contribution is 0.102. The number of aryl methyl sites for hydroxylation is 2. The molecule has 27 heavy (non-hydrogen) atoms. The van der Waals surface area contributed by atoms with Gasteiger partial charge in [-0.3, -0.25) is 9.59 Å². The second-order valence-corrected chi connectivity index (χ2v) is 7.17. The maximum Gasteiger partial charge on any atom is 0.255 e. The quantitative estimate of drug-likeness (QED) is 0.541. The molecule has 3 rings (SSSR count). The minimum atomic E-state index is -0.307. The third-order valence-corrected chi connectivity index (χ3v) is 4.64. The van der Waals surface area contributed by atoms with Gasteiger partial charge in [-0.2, -0.15) is 0 Å². The first-order chi connectivity index (χ1) is 12.8. The lowest BCUT2D eigenvalue weighted by atomic mass is 10.0. The number of carbonyl (C=O) groups is 2. The second kappa shape index (κ2) is 7.95. The van der Waals surface area contributed by atoms with Crippen molar-refractivity contribution in [3.05, 3.63) is 98.5 Å². The molecule has 3 aromatic carbocycles. The topological polar surface area (TPSA) is 46.2 Å². The zero-order chi connectivity index (χ0) is 19.6. The first-order valence-electron chi connectivity index (χ1n) is 8.33. The summed E-state index contributed by atoms with van der Waals surface area (Å²) in [6, 6.07) is 17.1. The van der Waals surface area contributed by atoms with E-state index >= 15 is 0 Å². The predicted molar refractivity (Wildman–Crippen MR) is 110 cm³/mol. The number of halogens is 2. The number of nitrogens with one attached hydrogen (secondary N) is 1. The van der Waals surface area contributed by atoms with Crippen LogP contribution < -0.4 is 5.32 Å². The normalized spacial score (nSPS) is 10.5. The van der Waals surface area contributed by atoms with Crippen LogP contribution in [0, 0.1) is 13.8 Å². The van der Waals surface area contributed by atoms with E-state index in [2.05, 4.69) is 5.32 Å². The number of hydrogen-bond acceptors (Lipinski definition) is 2. The highest BCUT2D eigenvalue weighted by Gasteiger charge is 2.19. The standard InChI is InChI=1S/C22H17Cl2NO2/c1-13-9-14(2)11-15(10-13)22(27)25-20-8-7-16(23)12-18(20)21(26)17-5-3-4-6-19(17)24/h3-12H,1-2H3,(H,25,27). The number of anilines is 1. The van der Waals surface area contributed by atoms with Crippen LogP contribution in [0.4, 0.5) is 5.69 Å². The van der Waals surface area contributed by atoms with E-state index in [1.807, 2.05) is 19.9 Å². The Bertz CT molecular complexity index is 1020. The van der Waals surface area contributed by atoms with E-state index in [9.17, 15) is 9.59 Å². The van der Waals surface area contributed by atoms with Crippen LogP contribution in [0.1, 0.15) is 37.4 Å². The first kappa shape index (κ1) is 19.2. The number of ketones is 1. The molecule has 0 aliphatic heterocycles. The molecule has 3 aromatic rings. The van der Waals surface area contributed by atoms with Crippen LogP contribution in [0.3, 0.4) is 0 Å². The molecule has 0 bridgehead atoms. The minimum Gasteiger partial charge on any atom is -0.321 e. The summed E-state index contributed by atoms with van der Waals surface area (Å²) in [6.07, 6.45) is 0. The third kappa shape index (κ3) is 4.38. The van der Waals surface area contributed by atoms with Crippen molar-refractivity contribution in [2.45, 2.75) is 13.8 Å². The Morgan fingerprint density at radius 2 is 1.48 bits per heavy atom. The summed E-state index contributed by atoms with van der Waals surface area (Å²) < 4.78 is 0. The van der Waals surface area contributed by atoms with Crippen LogP contribution in [-0.2, 0) is 0 Å². The van der Waals surface area contributed by atoms with Gasteiger partial charge in [-0.05, 0) is 56.3 Å². The number of benzene rings is 3. The molecule has 0 atom stereocenters. The van der Waals surface area contributed by atoms with Crippen molar-refractivity contribution in [2.75, 3.05) is 5.32 Å². The SMILES string of the molecule is Cc1cc(C)cc(C(=O)Nc2ccc(Cl)cc2C(=O)c2ccccc2Cl)c1. The monoisotopic (exact) mass is 397 g/mol. The molecule has 0 radical (unpaired) electrons. The zero-order valence-electron chi connectivity index (χ0n) is 14.8. The van der Waals surface area contributed by atoms with Crippen LogP contribution in [-0.4, -0.2) is 11.7 Å². The highest BCUT2D eigenvalue weighted by atomic mass is 35.5.